The van der Waals surface area contributed by atoms with Crippen LogP contribution < -0.4 is 0 Å². The van der Waals surface area contributed by atoms with Gasteiger partial charge in [0.2, 0.25) is 17.7 Å². The molecule has 5 atom stereocenters. The highest BCUT2D eigenvalue weighted by Crippen LogP contribution is 2.59. The fourth-order valence-corrected chi connectivity index (χ4v) is 6.98. The summed E-state index contributed by atoms with van der Waals surface area (Å²) in [6.07, 6.45) is 6.19. The number of hydrogen-bond donors (Lipinski definition) is 1. The lowest BCUT2D eigenvalue weighted by Gasteiger charge is -2.37. The highest BCUT2D eigenvalue weighted by molar-refractivity contribution is 5.99. The standard InChI is InChI=1S/C29H46N4O6/c1-4-11-31(12-5-2)26(35)23-22-9-10-29(39-22)24(23)27(36)33(14-7-8-19-34)25(29)28(37)32(13-6-3)16-15-30-17-20-38-21-18-30/h4,6,22-25,34H,1,3,5,7-21H2,2H3/t22-,23+,24-,25?,29?/m0/s1. The van der Waals surface area contributed by atoms with Gasteiger partial charge in [-0.1, -0.05) is 19.1 Å². The molecule has 0 aromatic carbocycles. The van der Waals surface area contributed by atoms with Crippen LogP contribution >= 0.6 is 0 Å². The first-order valence-electron chi connectivity index (χ1n) is 14.6. The van der Waals surface area contributed by atoms with Gasteiger partial charge in [0.15, 0.2) is 0 Å². The maximum absolute atomic E-state index is 14.3. The van der Waals surface area contributed by atoms with Crippen molar-refractivity contribution in [1.29, 1.82) is 0 Å². The Balaban J connectivity index is 1.62. The molecule has 1 spiro atoms. The normalized spacial score (nSPS) is 29.9. The Bertz CT molecular complexity index is 908. The third kappa shape index (κ3) is 5.80. The van der Waals surface area contributed by atoms with E-state index in [0.29, 0.717) is 78.2 Å². The number of fused-ring (bicyclic) bond motifs is 1. The van der Waals surface area contributed by atoms with Gasteiger partial charge in [-0.2, -0.15) is 0 Å². The first-order chi connectivity index (χ1) is 18.9. The van der Waals surface area contributed by atoms with E-state index in [1.165, 1.54) is 0 Å². The van der Waals surface area contributed by atoms with E-state index in [0.717, 1.165) is 19.5 Å². The summed E-state index contributed by atoms with van der Waals surface area (Å²) in [7, 11) is 0. The van der Waals surface area contributed by atoms with E-state index < -0.39 is 23.5 Å². The van der Waals surface area contributed by atoms with Crippen LogP contribution in [0.3, 0.4) is 0 Å². The van der Waals surface area contributed by atoms with Crippen molar-refractivity contribution in [1.82, 2.24) is 19.6 Å². The number of aliphatic hydroxyl groups is 1. The van der Waals surface area contributed by atoms with Gasteiger partial charge in [-0.05, 0) is 32.1 Å². The molecule has 1 N–H and O–H groups in total. The van der Waals surface area contributed by atoms with Gasteiger partial charge in [0.1, 0.15) is 11.6 Å². The molecule has 4 rings (SSSR count). The van der Waals surface area contributed by atoms with Crippen molar-refractivity contribution in [3.8, 4) is 0 Å². The van der Waals surface area contributed by atoms with E-state index in [1.807, 2.05) is 6.92 Å². The van der Waals surface area contributed by atoms with Crippen LogP contribution in [0.2, 0.25) is 0 Å². The van der Waals surface area contributed by atoms with Crippen molar-refractivity contribution in [2.45, 2.75) is 56.8 Å². The molecule has 2 bridgehead atoms. The van der Waals surface area contributed by atoms with E-state index in [-0.39, 0.29) is 30.4 Å². The third-order valence-electron chi connectivity index (χ3n) is 8.73. The smallest absolute Gasteiger partial charge is 0.248 e. The Morgan fingerprint density at radius 2 is 1.77 bits per heavy atom. The average molecular weight is 547 g/mol. The van der Waals surface area contributed by atoms with Crippen LogP contribution in [-0.2, 0) is 23.9 Å². The molecule has 39 heavy (non-hydrogen) atoms. The van der Waals surface area contributed by atoms with Gasteiger partial charge < -0.3 is 29.3 Å². The second-order valence-electron chi connectivity index (χ2n) is 11.1. The Hall–Kier alpha value is -2.27. The molecular formula is C29H46N4O6. The second-order valence-corrected chi connectivity index (χ2v) is 11.1. The van der Waals surface area contributed by atoms with Gasteiger partial charge in [-0.25, -0.2) is 0 Å². The minimum Gasteiger partial charge on any atom is -0.396 e. The SMILES string of the molecule is C=CCN(CCN1CCOCC1)C(=O)C1N(CCCCO)C(=O)[C@@H]2[C@H](C(=O)N(CC=C)CCC)[C@@H]3CCC12O3. The molecular weight excluding hydrogens is 500 g/mol. The average Bonchev–Trinajstić information content (AvgIpc) is 3.58. The number of likely N-dealkylation sites (tertiary alicyclic amines) is 1. The molecule has 0 aliphatic carbocycles. The quantitative estimate of drug-likeness (QED) is 0.241. The number of unbranched alkanes of at least 4 members (excludes halogenated alkanes) is 1. The minimum absolute atomic E-state index is 0.0184. The van der Waals surface area contributed by atoms with Crippen LogP contribution in [-0.4, -0.2) is 132 Å². The number of aliphatic hydroxyl groups excluding tert-OH is 1. The monoisotopic (exact) mass is 546 g/mol. The predicted octanol–water partition coefficient (Wildman–Crippen LogP) is 0.905. The van der Waals surface area contributed by atoms with Crippen LogP contribution in [0, 0.1) is 11.8 Å². The first kappa shape index (κ1) is 29.7. The van der Waals surface area contributed by atoms with E-state index in [1.54, 1.807) is 26.9 Å². The first-order valence-corrected chi connectivity index (χ1v) is 14.6. The van der Waals surface area contributed by atoms with Gasteiger partial charge in [-0.3, -0.25) is 19.3 Å². The Labute approximate surface area is 232 Å². The molecule has 4 fully saturated rings. The highest BCUT2D eigenvalue weighted by Gasteiger charge is 2.74. The van der Waals surface area contributed by atoms with Crippen molar-refractivity contribution in [2.75, 3.05) is 72.2 Å². The number of ether oxygens (including phenoxy) is 2. The number of amides is 3. The summed E-state index contributed by atoms with van der Waals surface area (Å²) in [5, 5.41) is 9.39. The number of nitrogens with zero attached hydrogens (tertiary/aromatic N) is 4. The summed E-state index contributed by atoms with van der Waals surface area (Å²) in [6, 6.07) is -0.792. The van der Waals surface area contributed by atoms with Crippen molar-refractivity contribution in [3.05, 3.63) is 25.3 Å². The maximum atomic E-state index is 14.3. The van der Waals surface area contributed by atoms with Crippen molar-refractivity contribution >= 4 is 17.7 Å². The van der Waals surface area contributed by atoms with Crippen molar-refractivity contribution in [2.24, 2.45) is 11.8 Å². The van der Waals surface area contributed by atoms with Crippen LogP contribution in [0.25, 0.3) is 0 Å². The number of hydrogen-bond acceptors (Lipinski definition) is 7. The highest BCUT2D eigenvalue weighted by atomic mass is 16.5. The van der Waals surface area contributed by atoms with Gasteiger partial charge in [0.05, 0.1) is 31.2 Å². The van der Waals surface area contributed by atoms with Crippen LogP contribution in [0.15, 0.2) is 25.3 Å². The van der Waals surface area contributed by atoms with Gasteiger partial charge in [0, 0.05) is 59.0 Å². The summed E-state index contributed by atoms with van der Waals surface area (Å²) in [5.74, 6) is -1.68. The lowest BCUT2D eigenvalue weighted by Crippen LogP contribution is -2.57. The zero-order valence-corrected chi connectivity index (χ0v) is 23.5. The summed E-state index contributed by atoms with van der Waals surface area (Å²) in [5.41, 5.74) is -1.01. The molecule has 4 saturated heterocycles. The molecule has 0 radical (unpaired) electrons. The number of morpholine rings is 1. The zero-order valence-electron chi connectivity index (χ0n) is 23.5. The molecule has 0 saturated carbocycles. The summed E-state index contributed by atoms with van der Waals surface area (Å²) >= 11 is 0. The topological polar surface area (TPSA) is 103 Å². The largest absolute Gasteiger partial charge is 0.396 e. The number of carbonyl (C=O) groups excluding carboxylic acids is 3. The van der Waals surface area contributed by atoms with E-state index in [2.05, 4.69) is 18.1 Å². The van der Waals surface area contributed by atoms with Gasteiger partial charge in [-0.15, -0.1) is 13.2 Å². The van der Waals surface area contributed by atoms with E-state index in [4.69, 9.17) is 9.47 Å². The zero-order chi connectivity index (χ0) is 28.0. The molecule has 4 aliphatic heterocycles. The molecule has 4 aliphatic rings. The van der Waals surface area contributed by atoms with Crippen LogP contribution in [0.5, 0.6) is 0 Å². The molecule has 4 heterocycles. The summed E-state index contributed by atoms with van der Waals surface area (Å²) in [6.45, 7) is 15.7. The van der Waals surface area contributed by atoms with Crippen molar-refractivity contribution < 1.29 is 29.0 Å². The lowest BCUT2D eigenvalue weighted by atomic mass is 9.70. The molecule has 218 valence electrons. The van der Waals surface area contributed by atoms with E-state index in [9.17, 15) is 19.5 Å². The molecule has 3 amide bonds. The molecule has 2 unspecified atom stereocenters. The third-order valence-corrected chi connectivity index (χ3v) is 8.73. The second kappa shape index (κ2) is 13.4. The Kier molecular flexibility index (Phi) is 10.2. The molecule has 10 heteroatoms. The Morgan fingerprint density at radius 1 is 1.08 bits per heavy atom. The van der Waals surface area contributed by atoms with Gasteiger partial charge >= 0.3 is 0 Å². The van der Waals surface area contributed by atoms with Crippen LogP contribution in [0.1, 0.15) is 39.0 Å². The van der Waals surface area contributed by atoms with Crippen LogP contribution in [0.4, 0.5) is 0 Å². The fraction of sp³-hybridized carbons (Fsp3) is 0.759. The van der Waals surface area contributed by atoms with Gasteiger partial charge in [0.25, 0.3) is 0 Å². The fourth-order valence-electron chi connectivity index (χ4n) is 6.98. The number of carbonyl (C=O) groups is 3. The summed E-state index contributed by atoms with van der Waals surface area (Å²) < 4.78 is 12.1. The molecule has 10 nitrogen and oxygen atoms in total. The molecule has 0 aromatic heterocycles. The minimum atomic E-state index is -1.01. The summed E-state index contributed by atoms with van der Waals surface area (Å²) in [4.78, 5) is 49.8. The van der Waals surface area contributed by atoms with Crippen molar-refractivity contribution in [3.63, 3.8) is 0 Å². The Morgan fingerprint density at radius 3 is 2.41 bits per heavy atom. The molecule has 0 aromatic rings. The number of rotatable bonds is 15. The van der Waals surface area contributed by atoms with E-state index >= 15 is 0 Å². The predicted molar refractivity (Wildman–Crippen MR) is 147 cm³/mol. The maximum Gasteiger partial charge on any atom is 0.248 e. The lowest BCUT2D eigenvalue weighted by molar-refractivity contribution is -0.149.